The second-order valence-corrected chi connectivity index (χ2v) is 4.37. The van der Waals surface area contributed by atoms with Gasteiger partial charge in [-0.25, -0.2) is 4.68 Å². The van der Waals surface area contributed by atoms with Gasteiger partial charge in [-0.05, 0) is 20.8 Å². The van der Waals surface area contributed by atoms with Crippen LogP contribution in [0.2, 0.25) is 0 Å². The second-order valence-electron chi connectivity index (χ2n) is 4.37. The van der Waals surface area contributed by atoms with Crippen molar-refractivity contribution in [1.82, 2.24) is 9.78 Å². The maximum atomic E-state index is 9.23. The predicted octanol–water partition coefficient (Wildman–Crippen LogP) is 0.774. The van der Waals surface area contributed by atoms with E-state index in [0.717, 1.165) is 11.5 Å². The lowest BCUT2D eigenvalue weighted by atomic mass is 10.3. The first-order valence-electron chi connectivity index (χ1n) is 5.72. The van der Waals surface area contributed by atoms with Gasteiger partial charge in [-0.1, -0.05) is 0 Å². The highest BCUT2D eigenvalue weighted by atomic mass is 16.5. The molecule has 17 heavy (non-hydrogen) atoms. The number of nitrogens with one attached hydrogen (secondary N) is 1. The van der Waals surface area contributed by atoms with Crippen molar-refractivity contribution in [2.24, 2.45) is 0 Å². The van der Waals surface area contributed by atoms with Crippen molar-refractivity contribution >= 4 is 11.5 Å². The minimum atomic E-state index is -0.184. The fraction of sp³-hybridized carbons (Fsp3) is 0.727. The number of hydrogen-bond acceptors (Lipinski definition) is 5. The average molecular weight is 242 g/mol. The van der Waals surface area contributed by atoms with E-state index in [9.17, 15) is 5.11 Å². The highest BCUT2D eigenvalue weighted by Gasteiger charge is 2.17. The number of rotatable bonds is 6. The summed E-state index contributed by atoms with van der Waals surface area (Å²) in [4.78, 5) is 0. The van der Waals surface area contributed by atoms with Crippen molar-refractivity contribution in [3.05, 3.63) is 5.69 Å². The average Bonchev–Trinajstić information content (AvgIpc) is 2.56. The molecule has 1 aromatic rings. The Morgan fingerprint density at radius 1 is 1.53 bits per heavy atom. The van der Waals surface area contributed by atoms with Gasteiger partial charge in [-0.2, -0.15) is 5.10 Å². The molecule has 0 aliphatic carbocycles. The zero-order valence-electron chi connectivity index (χ0n) is 10.9. The summed E-state index contributed by atoms with van der Waals surface area (Å²) in [7, 11) is 1.60. The fourth-order valence-corrected chi connectivity index (χ4v) is 1.61. The Morgan fingerprint density at radius 2 is 2.18 bits per heavy atom. The van der Waals surface area contributed by atoms with Gasteiger partial charge in [0.1, 0.15) is 5.82 Å². The van der Waals surface area contributed by atoms with Crippen LogP contribution in [-0.4, -0.2) is 41.3 Å². The summed E-state index contributed by atoms with van der Waals surface area (Å²) in [6, 6.07) is 0.0197. The standard InChI is InChI=1S/C11H22N4O2/c1-7(2)15-11(10(12)8(3)14-15)13-9(5-16)6-17-4/h7,9,13,16H,5-6,12H2,1-4H3. The van der Waals surface area contributed by atoms with Gasteiger partial charge in [0.2, 0.25) is 0 Å². The first kappa shape index (κ1) is 13.8. The number of aromatic nitrogens is 2. The van der Waals surface area contributed by atoms with Crippen LogP contribution in [0.1, 0.15) is 25.6 Å². The number of nitrogens with zero attached hydrogens (tertiary/aromatic N) is 2. The van der Waals surface area contributed by atoms with Crippen LogP contribution >= 0.6 is 0 Å². The van der Waals surface area contributed by atoms with Crippen molar-refractivity contribution in [3.63, 3.8) is 0 Å². The van der Waals surface area contributed by atoms with E-state index in [-0.39, 0.29) is 18.7 Å². The van der Waals surface area contributed by atoms with Crippen molar-refractivity contribution < 1.29 is 9.84 Å². The Labute approximate surface area is 102 Å². The molecule has 6 nitrogen and oxygen atoms in total. The Balaban J connectivity index is 2.95. The monoisotopic (exact) mass is 242 g/mol. The summed E-state index contributed by atoms with van der Waals surface area (Å²) in [6.45, 7) is 6.32. The maximum Gasteiger partial charge on any atom is 0.148 e. The first-order valence-corrected chi connectivity index (χ1v) is 5.72. The molecule has 1 heterocycles. The molecule has 0 saturated heterocycles. The number of aryl methyl sites for hydroxylation is 1. The minimum Gasteiger partial charge on any atom is -0.394 e. The minimum absolute atomic E-state index is 0.0183. The van der Waals surface area contributed by atoms with Crippen LogP contribution in [0, 0.1) is 6.92 Å². The van der Waals surface area contributed by atoms with E-state index in [1.165, 1.54) is 0 Å². The van der Waals surface area contributed by atoms with Crippen LogP contribution in [0.5, 0.6) is 0 Å². The van der Waals surface area contributed by atoms with E-state index in [1.54, 1.807) is 7.11 Å². The van der Waals surface area contributed by atoms with Gasteiger partial charge in [0.25, 0.3) is 0 Å². The molecule has 4 N–H and O–H groups in total. The third-order valence-electron chi connectivity index (χ3n) is 2.55. The molecule has 98 valence electrons. The number of nitrogens with two attached hydrogens (primary N) is 1. The molecule has 0 aromatic carbocycles. The zero-order valence-corrected chi connectivity index (χ0v) is 10.9. The van der Waals surface area contributed by atoms with Crippen LogP contribution in [0.25, 0.3) is 0 Å². The number of aliphatic hydroxyl groups excluding tert-OH is 1. The lowest BCUT2D eigenvalue weighted by molar-refractivity contribution is 0.153. The molecule has 0 aliphatic heterocycles. The molecular formula is C11H22N4O2. The van der Waals surface area contributed by atoms with Crippen molar-refractivity contribution in [2.45, 2.75) is 32.9 Å². The lowest BCUT2D eigenvalue weighted by Gasteiger charge is -2.19. The summed E-state index contributed by atoms with van der Waals surface area (Å²) in [6.07, 6.45) is 0. The third kappa shape index (κ3) is 3.10. The molecule has 0 aliphatic rings. The van der Waals surface area contributed by atoms with Gasteiger partial charge >= 0.3 is 0 Å². The molecule has 0 fully saturated rings. The van der Waals surface area contributed by atoms with Gasteiger partial charge in [0, 0.05) is 13.2 Å². The van der Waals surface area contributed by atoms with Crippen molar-refractivity contribution in [3.8, 4) is 0 Å². The van der Waals surface area contributed by atoms with Gasteiger partial charge in [0.15, 0.2) is 0 Å². The van der Waals surface area contributed by atoms with E-state index < -0.39 is 0 Å². The van der Waals surface area contributed by atoms with Crippen LogP contribution in [0.15, 0.2) is 0 Å². The molecule has 1 rings (SSSR count). The second kappa shape index (κ2) is 5.88. The van der Waals surface area contributed by atoms with Crippen LogP contribution in [0.4, 0.5) is 11.5 Å². The van der Waals surface area contributed by atoms with E-state index in [2.05, 4.69) is 10.4 Å². The zero-order chi connectivity index (χ0) is 13.0. The van der Waals surface area contributed by atoms with Gasteiger partial charge in [-0.15, -0.1) is 0 Å². The molecule has 1 atom stereocenters. The summed E-state index contributed by atoms with van der Waals surface area (Å²) >= 11 is 0. The molecule has 0 saturated carbocycles. The SMILES string of the molecule is COCC(CO)Nc1c(N)c(C)nn1C(C)C. The fourth-order valence-electron chi connectivity index (χ4n) is 1.61. The summed E-state index contributed by atoms with van der Waals surface area (Å²) < 4.78 is 6.84. The Morgan fingerprint density at radius 3 is 2.65 bits per heavy atom. The van der Waals surface area contributed by atoms with Gasteiger partial charge < -0.3 is 20.9 Å². The Bertz CT molecular complexity index is 363. The smallest absolute Gasteiger partial charge is 0.148 e. The Kier molecular flexibility index (Phi) is 4.77. The number of hydrogen-bond donors (Lipinski definition) is 3. The van der Waals surface area contributed by atoms with E-state index in [4.69, 9.17) is 10.5 Å². The van der Waals surface area contributed by atoms with Gasteiger partial charge in [0.05, 0.1) is 30.6 Å². The van der Waals surface area contributed by atoms with E-state index in [0.29, 0.717) is 12.3 Å². The van der Waals surface area contributed by atoms with Gasteiger partial charge in [-0.3, -0.25) is 0 Å². The number of aliphatic hydroxyl groups is 1. The summed E-state index contributed by atoms with van der Waals surface area (Å²) in [5.74, 6) is 0.744. The quantitative estimate of drug-likeness (QED) is 0.686. The predicted molar refractivity (Wildman–Crippen MR) is 68.1 cm³/mol. The normalized spacial score (nSPS) is 13.1. The number of anilines is 2. The number of methoxy groups -OCH3 is 1. The third-order valence-corrected chi connectivity index (χ3v) is 2.55. The molecule has 6 heteroatoms. The highest BCUT2D eigenvalue weighted by molar-refractivity contribution is 5.65. The van der Waals surface area contributed by atoms with E-state index in [1.807, 2.05) is 25.5 Å². The van der Waals surface area contributed by atoms with Crippen LogP contribution in [-0.2, 0) is 4.74 Å². The molecule has 1 aromatic heterocycles. The Hall–Kier alpha value is -1.27. The van der Waals surface area contributed by atoms with Crippen molar-refractivity contribution in [1.29, 1.82) is 0 Å². The topological polar surface area (TPSA) is 85.3 Å². The highest BCUT2D eigenvalue weighted by Crippen LogP contribution is 2.26. The summed E-state index contributed by atoms with van der Waals surface area (Å²) in [5, 5.41) is 16.8. The van der Waals surface area contributed by atoms with Crippen LogP contribution < -0.4 is 11.1 Å². The first-order chi connectivity index (χ1) is 8.01. The van der Waals surface area contributed by atoms with E-state index >= 15 is 0 Å². The number of nitrogen functional groups attached to an aromatic ring is 1. The number of ether oxygens (including phenoxy) is 1. The summed E-state index contributed by atoms with van der Waals surface area (Å²) in [5.41, 5.74) is 7.38. The molecule has 1 unspecified atom stereocenters. The van der Waals surface area contributed by atoms with Crippen LogP contribution in [0.3, 0.4) is 0 Å². The molecule has 0 spiro atoms. The molecule has 0 amide bonds. The van der Waals surface area contributed by atoms with Crippen molar-refractivity contribution in [2.75, 3.05) is 31.4 Å². The molecular weight excluding hydrogens is 220 g/mol. The lowest BCUT2D eigenvalue weighted by Crippen LogP contribution is -2.30. The largest absolute Gasteiger partial charge is 0.394 e. The molecule has 0 bridgehead atoms. The molecule has 0 radical (unpaired) electrons. The maximum absolute atomic E-state index is 9.23.